The quantitative estimate of drug-likeness (QED) is 0.151. The summed E-state index contributed by atoms with van der Waals surface area (Å²) in [6, 6.07) is 65.0. The van der Waals surface area contributed by atoms with Gasteiger partial charge in [-0.1, -0.05) is 164 Å². The molecule has 0 fully saturated rings. The molecule has 0 saturated heterocycles. The van der Waals surface area contributed by atoms with Crippen molar-refractivity contribution in [3.63, 3.8) is 0 Å². The highest BCUT2D eigenvalue weighted by molar-refractivity contribution is 6.14. The summed E-state index contributed by atoms with van der Waals surface area (Å²) >= 11 is 0. The molecule has 69 heavy (non-hydrogen) atoms. The summed E-state index contributed by atoms with van der Waals surface area (Å²) < 4.78 is 92.0. The molecular weight excluding hydrogens is 835 g/mol. The van der Waals surface area contributed by atoms with Gasteiger partial charge in [-0.25, -0.2) is 0 Å². The zero-order valence-corrected chi connectivity index (χ0v) is 36.9. The monoisotopic (exact) mass is 887 g/mol. The summed E-state index contributed by atoms with van der Waals surface area (Å²) in [5.41, 5.74) is 14.5. The number of para-hydroxylation sites is 4. The average Bonchev–Trinajstić information content (AvgIpc) is 4.35. The van der Waals surface area contributed by atoms with Crippen LogP contribution < -0.4 is 0 Å². The van der Waals surface area contributed by atoms with Gasteiger partial charge in [0.25, 0.3) is 0 Å². The largest absolute Gasteiger partial charge is 0.309 e. The van der Waals surface area contributed by atoms with E-state index in [0.29, 0.717) is 0 Å². The van der Waals surface area contributed by atoms with E-state index in [4.69, 9.17) is 13.7 Å². The summed E-state index contributed by atoms with van der Waals surface area (Å²) in [4.78, 5) is 0. The molecule has 0 amide bonds. The van der Waals surface area contributed by atoms with Crippen LogP contribution in [-0.4, -0.2) is 13.7 Å². The van der Waals surface area contributed by atoms with Crippen LogP contribution >= 0.6 is 0 Å². The smallest absolute Gasteiger partial charge is 0.0645 e. The van der Waals surface area contributed by atoms with Crippen molar-refractivity contribution in [2.75, 3.05) is 0 Å². The zero-order chi connectivity index (χ0) is 54.1. The Morgan fingerprint density at radius 1 is 0.217 bits per heavy atom. The highest BCUT2D eigenvalue weighted by Gasteiger charge is 2.19. The third kappa shape index (κ3) is 6.36. The Hall–Kier alpha value is -9.18. The minimum absolute atomic E-state index is 0.0999. The summed E-state index contributed by atoms with van der Waals surface area (Å²) in [7, 11) is 0. The maximum absolute atomic E-state index is 8.91. The van der Waals surface area contributed by atoms with E-state index in [1.165, 1.54) is 5.56 Å². The fourth-order valence-electron chi connectivity index (χ4n) is 10.4. The van der Waals surface area contributed by atoms with Crippen LogP contribution in [0.2, 0.25) is 0 Å². The first-order chi connectivity index (χ1) is 38.4. The van der Waals surface area contributed by atoms with Gasteiger partial charge in [-0.2, -0.15) is 0 Å². The van der Waals surface area contributed by atoms with E-state index in [1.54, 1.807) is 9.13 Å². The third-order valence-electron chi connectivity index (χ3n) is 13.6. The van der Waals surface area contributed by atoms with Crippen LogP contribution in [0.5, 0.6) is 0 Å². The minimum atomic E-state index is -0.437. The van der Waals surface area contributed by atoms with E-state index in [9.17, 15) is 0 Å². The maximum Gasteiger partial charge on any atom is 0.0645 e. The molecular formula is C66H43N3. The normalized spacial score (nSPS) is 13.8. The molecule has 0 N–H and O–H groups in total. The predicted octanol–water partition coefficient (Wildman–Crippen LogP) is 17.6. The second-order valence-electron chi connectivity index (χ2n) is 17.4. The number of rotatable bonds is 7. The molecule has 11 aromatic carbocycles. The lowest BCUT2D eigenvalue weighted by Crippen LogP contribution is -1.94. The number of hydrogen-bond donors (Lipinski definition) is 0. The lowest BCUT2D eigenvalue weighted by Gasteiger charge is -2.11. The molecule has 3 heteroatoms. The second-order valence-corrected chi connectivity index (χ2v) is 17.4. The van der Waals surface area contributed by atoms with Gasteiger partial charge in [-0.05, 0) is 141 Å². The first-order valence-corrected chi connectivity index (χ1v) is 22.9. The van der Waals surface area contributed by atoms with E-state index in [2.05, 4.69) is 114 Å². The maximum atomic E-state index is 8.91. The molecule has 322 valence electrons. The Morgan fingerprint density at radius 3 is 0.913 bits per heavy atom. The lowest BCUT2D eigenvalue weighted by atomic mass is 9.98. The Kier molecular flexibility index (Phi) is 6.88. The van der Waals surface area contributed by atoms with Crippen LogP contribution in [0, 0.1) is 0 Å². The van der Waals surface area contributed by atoms with Crippen molar-refractivity contribution in [1.29, 1.82) is 0 Å². The predicted molar refractivity (Wildman–Crippen MR) is 291 cm³/mol. The van der Waals surface area contributed by atoms with Crippen molar-refractivity contribution in [3.8, 4) is 61.6 Å². The van der Waals surface area contributed by atoms with Crippen LogP contribution in [0.25, 0.3) is 127 Å². The molecule has 0 spiro atoms. The van der Waals surface area contributed by atoms with Crippen LogP contribution in [0.15, 0.2) is 261 Å². The Balaban J connectivity index is 0.937. The number of hydrogen-bond acceptors (Lipinski definition) is 0. The fraction of sp³-hybridized carbons (Fsp3) is 0. The summed E-state index contributed by atoms with van der Waals surface area (Å²) in [5, 5.41) is 5.58. The molecule has 14 aromatic rings. The number of benzene rings is 11. The van der Waals surface area contributed by atoms with Crippen molar-refractivity contribution in [2.24, 2.45) is 0 Å². The number of nitrogens with zero attached hydrogens (tertiary/aromatic N) is 3. The molecule has 0 aliphatic heterocycles. The second kappa shape index (κ2) is 15.7. The van der Waals surface area contributed by atoms with Crippen LogP contribution in [-0.2, 0) is 0 Å². The highest BCUT2D eigenvalue weighted by atomic mass is 15.0. The zero-order valence-electron chi connectivity index (χ0n) is 46.9. The van der Waals surface area contributed by atoms with Gasteiger partial charge < -0.3 is 13.7 Å². The first-order valence-electron chi connectivity index (χ1n) is 27.9. The first kappa shape index (κ1) is 30.2. The Morgan fingerprint density at radius 2 is 0.507 bits per heavy atom. The minimum Gasteiger partial charge on any atom is -0.309 e. The molecule has 0 unspecified atom stereocenters. The topological polar surface area (TPSA) is 14.8 Å². The molecule has 3 aromatic heterocycles. The summed E-state index contributed by atoms with van der Waals surface area (Å²) in [6.07, 6.45) is 0. The van der Waals surface area contributed by atoms with E-state index < -0.39 is 12.1 Å². The van der Waals surface area contributed by atoms with Crippen LogP contribution in [0.3, 0.4) is 0 Å². The molecule has 0 aliphatic rings. The van der Waals surface area contributed by atoms with Crippen molar-refractivity contribution in [2.45, 2.75) is 0 Å². The Bertz CT molecular complexity index is 4580. The Labute approximate surface area is 413 Å². The number of aromatic nitrogens is 3. The van der Waals surface area contributed by atoms with Crippen LogP contribution in [0.4, 0.5) is 0 Å². The van der Waals surface area contributed by atoms with Gasteiger partial charge in [0.2, 0.25) is 0 Å². The van der Waals surface area contributed by atoms with Gasteiger partial charge in [-0.3, -0.25) is 0 Å². The molecule has 14 rings (SSSR count). The molecule has 0 aliphatic carbocycles. The van der Waals surface area contributed by atoms with Crippen molar-refractivity contribution in [1.82, 2.24) is 13.7 Å². The number of fused-ring (bicyclic) bond motifs is 9. The van der Waals surface area contributed by atoms with Gasteiger partial charge >= 0.3 is 0 Å². The highest BCUT2D eigenvalue weighted by Crippen LogP contribution is 2.41. The van der Waals surface area contributed by atoms with Crippen molar-refractivity contribution >= 4 is 65.4 Å². The molecule has 0 saturated carbocycles. The molecule has 0 atom stereocenters. The molecule has 0 radical (unpaired) electrons. The third-order valence-corrected chi connectivity index (χ3v) is 13.6. The molecule has 3 nitrogen and oxygen atoms in total. The molecule has 0 bridgehead atoms. The van der Waals surface area contributed by atoms with Crippen molar-refractivity contribution < 1.29 is 13.7 Å². The fourth-order valence-corrected chi connectivity index (χ4v) is 10.4. The SMILES string of the molecule is [2H]c1c([2H])c([2H])c(-n2c3ccccc3c3cc(-c4ccc5c(c4)c4cc(-c6ccc7c(c6)c6ccccc6n7-c6c([2H])c([2H])c([2H])c([2H])c6[2H])ccc4n5-c4ccc(-c5ccc(-c6ccccc6)cc5)cc4)ccc32)c([2H])c1[2H]. The lowest BCUT2D eigenvalue weighted by molar-refractivity contribution is 1.18. The van der Waals surface area contributed by atoms with Gasteiger partial charge in [0, 0.05) is 49.4 Å². The van der Waals surface area contributed by atoms with E-state index in [0.717, 1.165) is 110 Å². The average molecular weight is 888 g/mol. The summed E-state index contributed by atoms with van der Waals surface area (Å²) in [5.74, 6) is 0. The van der Waals surface area contributed by atoms with Crippen LogP contribution in [0.1, 0.15) is 13.7 Å². The van der Waals surface area contributed by atoms with E-state index >= 15 is 0 Å². The van der Waals surface area contributed by atoms with Gasteiger partial charge in [0.1, 0.15) is 0 Å². The van der Waals surface area contributed by atoms with Gasteiger partial charge in [0.05, 0.1) is 46.8 Å². The van der Waals surface area contributed by atoms with E-state index in [-0.39, 0.29) is 59.7 Å². The van der Waals surface area contributed by atoms with Gasteiger partial charge in [0.15, 0.2) is 0 Å². The molecule has 3 heterocycles. The van der Waals surface area contributed by atoms with Gasteiger partial charge in [-0.15, -0.1) is 0 Å². The summed E-state index contributed by atoms with van der Waals surface area (Å²) in [6.45, 7) is 0. The van der Waals surface area contributed by atoms with E-state index in [1.807, 2.05) is 91.0 Å². The van der Waals surface area contributed by atoms with Crippen molar-refractivity contribution in [3.05, 3.63) is 261 Å². The standard InChI is InChI=1S/C66H43N3/c1-4-14-44(15-5-1)45-24-26-46(27-25-45)47-28-34-54(35-29-47)69-65-38-32-50(48-30-36-63-57(40-48)55-20-10-12-22-61(55)67(63)52-16-6-2-7-17-52)42-59(65)60-43-51(33-39-66(60)69)49-31-37-64-58(41-49)56-21-11-13-23-62(56)68(64)53-18-8-3-9-19-53/h1-43H/i2D,3D,6D,7D,8D,9D,16D,17D,18D,19D.